The molecule has 7 nitrogen and oxygen atoms in total. The number of amides is 2. The largest absolute Gasteiger partial charge is 0.352 e. The zero-order valence-electron chi connectivity index (χ0n) is 20.3. The highest BCUT2D eigenvalue weighted by Crippen LogP contribution is 2.20. The van der Waals surface area contributed by atoms with Crippen LogP contribution in [-0.4, -0.2) is 50.0 Å². The summed E-state index contributed by atoms with van der Waals surface area (Å²) >= 11 is 0. The smallest absolute Gasteiger partial charge is 0.244 e. The van der Waals surface area contributed by atoms with Gasteiger partial charge in [0.15, 0.2) is 0 Å². The minimum atomic E-state index is -3.73. The molecule has 0 saturated carbocycles. The predicted molar refractivity (Wildman–Crippen MR) is 132 cm³/mol. The minimum absolute atomic E-state index is 0.0318. The lowest BCUT2D eigenvalue weighted by molar-refractivity contribution is -0.139. The molecule has 1 N–H and O–H groups in total. The van der Waals surface area contributed by atoms with Gasteiger partial charge < -0.3 is 10.2 Å². The van der Waals surface area contributed by atoms with Gasteiger partial charge in [0.1, 0.15) is 12.6 Å². The Labute approximate surface area is 197 Å². The maximum Gasteiger partial charge on any atom is 0.244 e. The van der Waals surface area contributed by atoms with Crippen molar-refractivity contribution in [1.82, 2.24) is 10.2 Å². The molecular weight excluding hydrogens is 438 g/mol. The number of anilines is 1. The van der Waals surface area contributed by atoms with E-state index in [1.54, 1.807) is 25.1 Å². The molecule has 0 spiro atoms. The van der Waals surface area contributed by atoms with Crippen molar-refractivity contribution in [1.29, 1.82) is 0 Å². The fraction of sp³-hybridized carbons (Fsp3) is 0.440. The number of carbonyl (C=O) groups excluding carboxylic acids is 2. The first kappa shape index (κ1) is 26.4. The van der Waals surface area contributed by atoms with Gasteiger partial charge in [-0.3, -0.25) is 13.9 Å². The Balaban J connectivity index is 2.38. The quantitative estimate of drug-likeness (QED) is 0.573. The topological polar surface area (TPSA) is 86.8 Å². The highest BCUT2D eigenvalue weighted by Gasteiger charge is 2.30. The van der Waals surface area contributed by atoms with Gasteiger partial charge >= 0.3 is 0 Å². The first-order valence-corrected chi connectivity index (χ1v) is 13.0. The van der Waals surface area contributed by atoms with Gasteiger partial charge in [0.25, 0.3) is 0 Å². The van der Waals surface area contributed by atoms with Crippen molar-refractivity contribution in [3.63, 3.8) is 0 Å². The molecule has 2 aromatic rings. The van der Waals surface area contributed by atoms with Gasteiger partial charge in [0.05, 0.1) is 11.9 Å². The lowest BCUT2D eigenvalue weighted by Crippen LogP contribution is -2.52. The van der Waals surface area contributed by atoms with E-state index in [1.807, 2.05) is 58.0 Å². The molecule has 8 heteroatoms. The second kappa shape index (κ2) is 11.3. The number of nitrogens with one attached hydrogen (secondary N) is 1. The molecule has 0 radical (unpaired) electrons. The molecule has 2 aromatic carbocycles. The Morgan fingerprint density at radius 2 is 1.61 bits per heavy atom. The molecule has 2 atom stereocenters. The second-order valence-electron chi connectivity index (χ2n) is 8.61. The summed E-state index contributed by atoms with van der Waals surface area (Å²) in [7, 11) is -3.73. The van der Waals surface area contributed by atoms with E-state index in [4.69, 9.17) is 0 Å². The number of aryl methyl sites for hydroxylation is 2. The van der Waals surface area contributed by atoms with E-state index in [-0.39, 0.29) is 18.5 Å². The molecule has 0 aliphatic carbocycles. The Kier molecular flexibility index (Phi) is 9.05. The predicted octanol–water partition coefficient (Wildman–Crippen LogP) is 3.40. The number of hydrogen-bond acceptors (Lipinski definition) is 4. The summed E-state index contributed by atoms with van der Waals surface area (Å²) in [5, 5.41) is 2.92. The summed E-state index contributed by atoms with van der Waals surface area (Å²) in [6.45, 7) is 9.16. The van der Waals surface area contributed by atoms with Crippen molar-refractivity contribution < 1.29 is 18.0 Å². The fourth-order valence-electron chi connectivity index (χ4n) is 3.45. The third-order valence-corrected chi connectivity index (χ3v) is 6.71. The Morgan fingerprint density at radius 3 is 2.15 bits per heavy atom. The zero-order valence-corrected chi connectivity index (χ0v) is 21.1. The molecule has 0 saturated heterocycles. The van der Waals surface area contributed by atoms with E-state index in [0.717, 1.165) is 33.7 Å². The first-order chi connectivity index (χ1) is 15.4. The summed E-state index contributed by atoms with van der Waals surface area (Å²) in [4.78, 5) is 27.8. The van der Waals surface area contributed by atoms with Gasteiger partial charge in [0, 0.05) is 12.6 Å². The molecule has 2 rings (SSSR count). The van der Waals surface area contributed by atoms with Crippen LogP contribution in [0.25, 0.3) is 0 Å². The third kappa shape index (κ3) is 7.60. The zero-order chi connectivity index (χ0) is 24.8. The number of hydrogen-bond donors (Lipinski definition) is 1. The molecule has 0 aliphatic heterocycles. The van der Waals surface area contributed by atoms with Crippen molar-refractivity contribution in [2.24, 2.45) is 0 Å². The molecule has 0 aliphatic rings. The normalized spacial score (nSPS) is 13.2. The van der Waals surface area contributed by atoms with Gasteiger partial charge in [-0.15, -0.1) is 0 Å². The van der Waals surface area contributed by atoms with Crippen LogP contribution in [0.2, 0.25) is 0 Å². The molecular formula is C25H35N3O4S. The van der Waals surface area contributed by atoms with Crippen molar-refractivity contribution in [2.75, 3.05) is 17.1 Å². The van der Waals surface area contributed by atoms with Gasteiger partial charge in [-0.25, -0.2) is 8.42 Å². The summed E-state index contributed by atoms with van der Waals surface area (Å²) in [5.41, 5.74) is 3.20. The van der Waals surface area contributed by atoms with Crippen LogP contribution in [0.3, 0.4) is 0 Å². The van der Waals surface area contributed by atoms with Crippen molar-refractivity contribution in [3.05, 3.63) is 65.2 Å². The Morgan fingerprint density at radius 1 is 1.00 bits per heavy atom. The van der Waals surface area contributed by atoms with Gasteiger partial charge in [0.2, 0.25) is 21.8 Å². The van der Waals surface area contributed by atoms with E-state index in [0.29, 0.717) is 5.69 Å². The number of rotatable bonds is 10. The second-order valence-corrected chi connectivity index (χ2v) is 10.5. The number of sulfonamides is 1. The fourth-order valence-corrected chi connectivity index (χ4v) is 4.29. The van der Waals surface area contributed by atoms with Gasteiger partial charge in [-0.2, -0.15) is 0 Å². The van der Waals surface area contributed by atoms with Gasteiger partial charge in [-0.05, 0) is 57.4 Å². The summed E-state index contributed by atoms with van der Waals surface area (Å²) < 4.78 is 26.2. The Bertz CT molecular complexity index is 1080. The Hall–Kier alpha value is -2.87. The van der Waals surface area contributed by atoms with Gasteiger partial charge in [-0.1, -0.05) is 48.9 Å². The third-order valence-electron chi connectivity index (χ3n) is 5.57. The number of nitrogens with zero attached hydrogens (tertiary/aromatic N) is 2. The van der Waals surface area contributed by atoms with Crippen LogP contribution >= 0.6 is 0 Å². The lowest BCUT2D eigenvalue weighted by atomic mass is 10.1. The van der Waals surface area contributed by atoms with E-state index in [1.165, 1.54) is 4.90 Å². The van der Waals surface area contributed by atoms with Crippen LogP contribution in [0.15, 0.2) is 48.5 Å². The van der Waals surface area contributed by atoms with Crippen LogP contribution in [0, 0.1) is 13.8 Å². The maximum absolute atomic E-state index is 13.5. The van der Waals surface area contributed by atoms with E-state index >= 15 is 0 Å². The highest BCUT2D eigenvalue weighted by molar-refractivity contribution is 7.92. The van der Waals surface area contributed by atoms with Crippen molar-refractivity contribution >= 4 is 27.5 Å². The van der Waals surface area contributed by atoms with E-state index in [2.05, 4.69) is 5.32 Å². The molecule has 2 amide bonds. The number of carbonyl (C=O) groups is 2. The van der Waals surface area contributed by atoms with Crippen LogP contribution < -0.4 is 9.62 Å². The standard InChI is InChI=1S/C25H35N3O4S/c1-7-20(4)26-25(30)21(5)27(16-22-12-8-10-18(2)14-22)24(29)17-28(33(6,31)32)23-13-9-11-19(3)15-23/h8-15,20-21H,7,16-17H2,1-6H3,(H,26,30)/t20-,21+/m1/s1. The van der Waals surface area contributed by atoms with Crippen LogP contribution in [0.1, 0.15) is 43.9 Å². The molecule has 33 heavy (non-hydrogen) atoms. The lowest BCUT2D eigenvalue weighted by Gasteiger charge is -2.32. The summed E-state index contributed by atoms with van der Waals surface area (Å²) in [6.07, 6.45) is 1.84. The van der Waals surface area contributed by atoms with Crippen molar-refractivity contribution in [2.45, 2.75) is 59.7 Å². The average molecular weight is 474 g/mol. The molecule has 0 fully saturated rings. The maximum atomic E-state index is 13.5. The van der Waals surface area contributed by atoms with Crippen LogP contribution in [-0.2, 0) is 26.2 Å². The van der Waals surface area contributed by atoms with E-state index in [9.17, 15) is 18.0 Å². The molecule has 180 valence electrons. The van der Waals surface area contributed by atoms with Crippen LogP contribution in [0.5, 0.6) is 0 Å². The monoisotopic (exact) mass is 473 g/mol. The summed E-state index contributed by atoms with van der Waals surface area (Å²) in [6, 6.07) is 13.9. The SMILES string of the molecule is CC[C@@H](C)NC(=O)[C@H](C)N(Cc1cccc(C)c1)C(=O)CN(c1cccc(C)c1)S(C)(=O)=O. The highest BCUT2D eigenvalue weighted by atomic mass is 32.2. The number of benzene rings is 2. The van der Waals surface area contributed by atoms with Crippen molar-refractivity contribution in [3.8, 4) is 0 Å². The van der Waals surface area contributed by atoms with Crippen LogP contribution in [0.4, 0.5) is 5.69 Å². The molecule has 0 unspecified atom stereocenters. The summed E-state index contributed by atoms with van der Waals surface area (Å²) in [5.74, 6) is -0.720. The molecule has 0 heterocycles. The van der Waals surface area contributed by atoms with E-state index < -0.39 is 28.5 Å². The minimum Gasteiger partial charge on any atom is -0.352 e. The average Bonchev–Trinajstić information content (AvgIpc) is 2.74. The molecule has 0 aromatic heterocycles. The first-order valence-electron chi connectivity index (χ1n) is 11.1. The molecule has 0 bridgehead atoms.